The summed E-state index contributed by atoms with van der Waals surface area (Å²) in [6, 6.07) is 3.27. The summed E-state index contributed by atoms with van der Waals surface area (Å²) < 4.78 is 0.728. The number of halogens is 1. The van der Waals surface area contributed by atoms with Gasteiger partial charge in [-0.1, -0.05) is 18.5 Å². The third kappa shape index (κ3) is 3.48. The SMILES string of the molecule is CC[C@@H](N)C(=O)NC(C)c1ccc(Cl)s1. The quantitative estimate of drug-likeness (QED) is 0.857. The lowest BCUT2D eigenvalue weighted by atomic mass is 10.2. The van der Waals surface area contributed by atoms with Crippen LogP contribution in [0.4, 0.5) is 0 Å². The van der Waals surface area contributed by atoms with Crippen LogP contribution in [0.3, 0.4) is 0 Å². The fourth-order valence-electron chi connectivity index (χ4n) is 1.14. The van der Waals surface area contributed by atoms with Crippen molar-refractivity contribution in [3.63, 3.8) is 0 Å². The smallest absolute Gasteiger partial charge is 0.237 e. The number of carbonyl (C=O) groups is 1. The van der Waals surface area contributed by atoms with Crippen LogP contribution in [0.1, 0.15) is 31.2 Å². The number of hydrogen-bond acceptors (Lipinski definition) is 3. The van der Waals surface area contributed by atoms with Crippen LogP contribution in [0.15, 0.2) is 12.1 Å². The van der Waals surface area contributed by atoms with Gasteiger partial charge < -0.3 is 11.1 Å². The lowest BCUT2D eigenvalue weighted by molar-refractivity contribution is -0.123. The second-order valence-electron chi connectivity index (χ2n) is 3.39. The Morgan fingerprint density at radius 3 is 2.80 bits per heavy atom. The molecule has 0 aliphatic carbocycles. The largest absolute Gasteiger partial charge is 0.347 e. The molecule has 0 aromatic carbocycles. The molecule has 1 unspecified atom stereocenters. The van der Waals surface area contributed by atoms with Crippen molar-refractivity contribution in [1.29, 1.82) is 0 Å². The molecule has 15 heavy (non-hydrogen) atoms. The van der Waals surface area contributed by atoms with Crippen molar-refractivity contribution >= 4 is 28.8 Å². The van der Waals surface area contributed by atoms with Crippen LogP contribution in [-0.2, 0) is 4.79 Å². The highest BCUT2D eigenvalue weighted by molar-refractivity contribution is 7.16. The lowest BCUT2D eigenvalue weighted by Crippen LogP contribution is -2.40. The van der Waals surface area contributed by atoms with E-state index in [0.717, 1.165) is 9.21 Å². The molecule has 0 saturated heterocycles. The van der Waals surface area contributed by atoms with E-state index in [1.807, 2.05) is 26.0 Å². The maximum Gasteiger partial charge on any atom is 0.237 e. The Kier molecular flexibility index (Phi) is 4.57. The number of nitrogens with one attached hydrogen (secondary N) is 1. The van der Waals surface area contributed by atoms with Gasteiger partial charge in [0.1, 0.15) is 0 Å². The van der Waals surface area contributed by atoms with E-state index in [0.29, 0.717) is 6.42 Å². The summed E-state index contributed by atoms with van der Waals surface area (Å²) in [4.78, 5) is 12.5. The second-order valence-corrected chi connectivity index (χ2v) is 5.13. The molecule has 0 aliphatic rings. The van der Waals surface area contributed by atoms with Crippen LogP contribution in [-0.4, -0.2) is 11.9 Å². The van der Waals surface area contributed by atoms with Crippen LogP contribution >= 0.6 is 22.9 Å². The molecule has 0 saturated carbocycles. The van der Waals surface area contributed by atoms with E-state index in [4.69, 9.17) is 17.3 Å². The van der Waals surface area contributed by atoms with Crippen LogP contribution < -0.4 is 11.1 Å². The van der Waals surface area contributed by atoms with Gasteiger partial charge in [0.25, 0.3) is 0 Å². The number of rotatable bonds is 4. The van der Waals surface area contributed by atoms with Gasteiger partial charge in [0.15, 0.2) is 0 Å². The second kappa shape index (κ2) is 5.49. The molecule has 0 aliphatic heterocycles. The highest BCUT2D eigenvalue weighted by atomic mass is 35.5. The average molecular weight is 247 g/mol. The van der Waals surface area contributed by atoms with Crippen LogP contribution in [0.25, 0.3) is 0 Å². The summed E-state index contributed by atoms with van der Waals surface area (Å²) in [5.41, 5.74) is 5.61. The molecule has 84 valence electrons. The first kappa shape index (κ1) is 12.5. The minimum Gasteiger partial charge on any atom is -0.347 e. The van der Waals surface area contributed by atoms with Crippen molar-refractivity contribution in [2.24, 2.45) is 5.73 Å². The summed E-state index contributed by atoms with van der Waals surface area (Å²) in [7, 11) is 0. The van der Waals surface area contributed by atoms with Gasteiger partial charge in [-0.3, -0.25) is 4.79 Å². The molecule has 3 N–H and O–H groups in total. The third-order valence-corrected chi connectivity index (χ3v) is 3.57. The van der Waals surface area contributed by atoms with E-state index in [1.165, 1.54) is 11.3 Å². The number of thiophene rings is 1. The predicted octanol–water partition coefficient (Wildman–Crippen LogP) is 2.32. The maximum absolute atomic E-state index is 11.5. The van der Waals surface area contributed by atoms with Crippen molar-refractivity contribution < 1.29 is 4.79 Å². The highest BCUT2D eigenvalue weighted by Gasteiger charge is 2.15. The van der Waals surface area contributed by atoms with Crippen LogP contribution in [0.5, 0.6) is 0 Å². The zero-order chi connectivity index (χ0) is 11.4. The molecule has 2 atom stereocenters. The molecule has 1 amide bonds. The Bertz CT molecular complexity index is 340. The predicted molar refractivity (Wildman–Crippen MR) is 64.2 cm³/mol. The van der Waals surface area contributed by atoms with Gasteiger partial charge in [-0.05, 0) is 25.5 Å². The molecule has 3 nitrogen and oxygen atoms in total. The minimum atomic E-state index is -0.428. The van der Waals surface area contributed by atoms with E-state index in [-0.39, 0.29) is 11.9 Å². The van der Waals surface area contributed by atoms with Crippen molar-refractivity contribution in [3.8, 4) is 0 Å². The minimum absolute atomic E-state index is 0.0346. The van der Waals surface area contributed by atoms with E-state index < -0.39 is 6.04 Å². The Labute approximate surface area is 98.6 Å². The van der Waals surface area contributed by atoms with Gasteiger partial charge in [-0.2, -0.15) is 0 Å². The Morgan fingerprint density at radius 2 is 2.33 bits per heavy atom. The Hall–Kier alpha value is -0.580. The molecular weight excluding hydrogens is 232 g/mol. The first-order valence-corrected chi connectivity index (χ1v) is 6.05. The Morgan fingerprint density at radius 1 is 1.67 bits per heavy atom. The third-order valence-electron chi connectivity index (χ3n) is 2.16. The number of carbonyl (C=O) groups excluding carboxylic acids is 1. The molecule has 1 aromatic heterocycles. The standard InChI is InChI=1S/C10H15ClN2OS/c1-3-7(12)10(14)13-6(2)8-4-5-9(11)15-8/h4-7H,3,12H2,1-2H3,(H,13,14)/t6?,7-/m1/s1. The maximum atomic E-state index is 11.5. The molecule has 1 aromatic rings. The Balaban J connectivity index is 2.56. The molecule has 0 spiro atoms. The summed E-state index contributed by atoms with van der Waals surface area (Å²) in [6.45, 7) is 3.80. The molecule has 0 fully saturated rings. The van der Waals surface area contributed by atoms with Crippen molar-refractivity contribution in [3.05, 3.63) is 21.3 Å². The number of nitrogens with two attached hydrogens (primary N) is 1. The first-order chi connectivity index (χ1) is 7.04. The molecular formula is C10H15ClN2OS. The van der Waals surface area contributed by atoms with Gasteiger partial charge in [0.2, 0.25) is 5.91 Å². The summed E-state index contributed by atoms with van der Waals surface area (Å²) >= 11 is 7.28. The lowest BCUT2D eigenvalue weighted by Gasteiger charge is -2.15. The molecule has 0 bridgehead atoms. The zero-order valence-electron chi connectivity index (χ0n) is 8.79. The number of amides is 1. The topological polar surface area (TPSA) is 55.1 Å². The van der Waals surface area contributed by atoms with Crippen LogP contribution in [0.2, 0.25) is 4.34 Å². The van der Waals surface area contributed by atoms with E-state index in [1.54, 1.807) is 0 Å². The molecule has 0 radical (unpaired) electrons. The monoisotopic (exact) mass is 246 g/mol. The molecule has 5 heteroatoms. The van der Waals surface area contributed by atoms with E-state index in [9.17, 15) is 4.79 Å². The fourth-order valence-corrected chi connectivity index (χ4v) is 2.20. The van der Waals surface area contributed by atoms with Gasteiger partial charge >= 0.3 is 0 Å². The van der Waals surface area contributed by atoms with Gasteiger partial charge in [-0.15, -0.1) is 11.3 Å². The summed E-state index contributed by atoms with van der Waals surface area (Å²) in [5, 5.41) is 2.85. The van der Waals surface area contributed by atoms with Crippen molar-refractivity contribution in [1.82, 2.24) is 5.32 Å². The van der Waals surface area contributed by atoms with Crippen molar-refractivity contribution in [2.45, 2.75) is 32.4 Å². The summed E-state index contributed by atoms with van der Waals surface area (Å²) in [6.07, 6.45) is 0.643. The summed E-state index contributed by atoms with van der Waals surface area (Å²) in [5.74, 6) is -0.116. The van der Waals surface area contributed by atoms with Gasteiger partial charge in [0.05, 0.1) is 16.4 Å². The molecule has 1 heterocycles. The highest BCUT2D eigenvalue weighted by Crippen LogP contribution is 2.26. The normalized spacial score (nSPS) is 14.7. The first-order valence-electron chi connectivity index (χ1n) is 4.85. The van der Waals surface area contributed by atoms with E-state index >= 15 is 0 Å². The van der Waals surface area contributed by atoms with Gasteiger partial charge in [0, 0.05) is 4.88 Å². The fraction of sp³-hybridized carbons (Fsp3) is 0.500. The van der Waals surface area contributed by atoms with E-state index in [2.05, 4.69) is 5.32 Å². The zero-order valence-corrected chi connectivity index (χ0v) is 10.4. The van der Waals surface area contributed by atoms with Crippen LogP contribution in [0, 0.1) is 0 Å². The number of hydrogen-bond donors (Lipinski definition) is 2. The van der Waals surface area contributed by atoms with Crippen molar-refractivity contribution in [2.75, 3.05) is 0 Å². The molecule has 1 rings (SSSR count). The average Bonchev–Trinajstić information content (AvgIpc) is 2.63. The van der Waals surface area contributed by atoms with Gasteiger partial charge in [-0.25, -0.2) is 0 Å².